The molecule has 7 heteroatoms. The number of fused-ring (bicyclic) bond motifs is 1. The maximum absolute atomic E-state index is 12.8. The lowest BCUT2D eigenvalue weighted by Crippen LogP contribution is -2.20. The fourth-order valence-electron chi connectivity index (χ4n) is 3.30. The Morgan fingerprint density at radius 3 is 2.88 bits per heavy atom. The minimum absolute atomic E-state index is 0.184. The van der Waals surface area contributed by atoms with Gasteiger partial charge in [-0.15, -0.1) is 10.2 Å². The molecule has 1 aromatic carbocycles. The van der Waals surface area contributed by atoms with Crippen molar-refractivity contribution < 1.29 is 4.74 Å². The van der Waals surface area contributed by atoms with Gasteiger partial charge >= 0.3 is 5.56 Å². The lowest BCUT2D eigenvalue weighted by molar-refractivity contribution is 0.414. The smallest absolute Gasteiger partial charge is 0.300 e. The molecule has 2 heterocycles. The first kappa shape index (κ1) is 16.2. The molecule has 1 aliphatic carbocycles. The van der Waals surface area contributed by atoms with Crippen molar-refractivity contribution in [3.05, 3.63) is 47.0 Å². The number of rotatable bonds is 5. The molecule has 0 spiro atoms. The molecule has 1 saturated carbocycles. The van der Waals surface area contributed by atoms with E-state index < -0.39 is 0 Å². The van der Waals surface area contributed by atoms with Crippen molar-refractivity contribution in [3.8, 4) is 11.4 Å². The second-order valence-electron chi connectivity index (χ2n) is 6.31. The molecule has 1 aliphatic rings. The van der Waals surface area contributed by atoms with Crippen LogP contribution in [0, 0.1) is 5.92 Å². The standard InChI is InChI=1S/C18H20N4O2S/c1-24-15-8-4-7-14(11-15)21-9-10-22-16(17(21)23)19-20-18(22)25-12-13-5-2-3-6-13/h4,7-11,13H,2-3,5-6,12H2,1H3. The minimum Gasteiger partial charge on any atom is -0.497 e. The summed E-state index contributed by atoms with van der Waals surface area (Å²) in [4.78, 5) is 12.8. The lowest BCUT2D eigenvalue weighted by Gasteiger charge is -2.09. The van der Waals surface area contributed by atoms with E-state index in [2.05, 4.69) is 10.2 Å². The minimum atomic E-state index is -0.184. The van der Waals surface area contributed by atoms with Crippen molar-refractivity contribution in [2.24, 2.45) is 5.92 Å². The molecule has 130 valence electrons. The van der Waals surface area contributed by atoms with Crippen LogP contribution in [0.15, 0.2) is 46.6 Å². The molecule has 4 rings (SSSR count). The fraction of sp³-hybridized carbons (Fsp3) is 0.389. The SMILES string of the molecule is COc1cccc(-n2ccn3c(SCC4CCCC4)nnc3c2=O)c1. The average Bonchev–Trinajstić information content (AvgIpc) is 3.30. The molecule has 0 radical (unpaired) electrons. The number of aromatic nitrogens is 4. The molecule has 0 amide bonds. The lowest BCUT2D eigenvalue weighted by atomic mass is 10.1. The van der Waals surface area contributed by atoms with Crippen LogP contribution in [0.3, 0.4) is 0 Å². The Balaban J connectivity index is 1.65. The van der Waals surface area contributed by atoms with Crippen LogP contribution < -0.4 is 10.3 Å². The van der Waals surface area contributed by atoms with E-state index in [1.165, 1.54) is 25.7 Å². The summed E-state index contributed by atoms with van der Waals surface area (Å²) in [5, 5.41) is 9.13. The summed E-state index contributed by atoms with van der Waals surface area (Å²) in [6, 6.07) is 7.40. The van der Waals surface area contributed by atoms with Crippen molar-refractivity contribution >= 4 is 17.4 Å². The monoisotopic (exact) mass is 356 g/mol. The molecule has 0 aliphatic heterocycles. The summed E-state index contributed by atoms with van der Waals surface area (Å²) < 4.78 is 8.59. The highest BCUT2D eigenvalue weighted by atomic mass is 32.2. The van der Waals surface area contributed by atoms with Gasteiger partial charge in [-0.2, -0.15) is 0 Å². The van der Waals surface area contributed by atoms with E-state index in [-0.39, 0.29) is 5.56 Å². The first-order chi connectivity index (χ1) is 12.3. The average molecular weight is 356 g/mol. The number of methoxy groups -OCH3 is 1. The molecule has 6 nitrogen and oxygen atoms in total. The van der Waals surface area contributed by atoms with Gasteiger partial charge in [-0.1, -0.05) is 30.7 Å². The quantitative estimate of drug-likeness (QED) is 0.657. The highest BCUT2D eigenvalue weighted by molar-refractivity contribution is 7.99. The number of benzene rings is 1. The number of hydrogen-bond acceptors (Lipinski definition) is 5. The second kappa shape index (κ2) is 6.92. The first-order valence-electron chi connectivity index (χ1n) is 8.50. The molecule has 3 aromatic rings. The summed E-state index contributed by atoms with van der Waals surface area (Å²) in [5.41, 5.74) is 0.908. The van der Waals surface area contributed by atoms with Crippen LogP contribution in [0.25, 0.3) is 11.3 Å². The summed E-state index contributed by atoms with van der Waals surface area (Å²) in [6.45, 7) is 0. The van der Waals surface area contributed by atoms with Crippen molar-refractivity contribution in [1.29, 1.82) is 0 Å². The van der Waals surface area contributed by atoms with E-state index in [0.29, 0.717) is 11.4 Å². The molecule has 0 unspecified atom stereocenters. The van der Waals surface area contributed by atoms with Crippen LogP contribution >= 0.6 is 11.8 Å². The van der Waals surface area contributed by atoms with E-state index in [1.54, 1.807) is 34.0 Å². The largest absolute Gasteiger partial charge is 0.497 e. The van der Waals surface area contributed by atoms with Crippen molar-refractivity contribution in [1.82, 2.24) is 19.2 Å². The van der Waals surface area contributed by atoms with Crippen LogP contribution in [0.4, 0.5) is 0 Å². The summed E-state index contributed by atoms with van der Waals surface area (Å²) >= 11 is 1.69. The van der Waals surface area contributed by atoms with Gasteiger partial charge in [0.05, 0.1) is 12.8 Å². The zero-order chi connectivity index (χ0) is 17.2. The van der Waals surface area contributed by atoms with Gasteiger partial charge in [0.15, 0.2) is 5.16 Å². The maximum atomic E-state index is 12.8. The van der Waals surface area contributed by atoms with Gasteiger partial charge in [-0.25, -0.2) is 0 Å². The Bertz CT molecular complexity index is 944. The Morgan fingerprint density at radius 2 is 2.08 bits per heavy atom. The zero-order valence-electron chi connectivity index (χ0n) is 14.1. The predicted octanol–water partition coefficient (Wildman–Crippen LogP) is 3.17. The van der Waals surface area contributed by atoms with Crippen molar-refractivity contribution in [3.63, 3.8) is 0 Å². The Labute approximate surface area is 149 Å². The van der Waals surface area contributed by atoms with Crippen LogP contribution in [0.1, 0.15) is 25.7 Å². The van der Waals surface area contributed by atoms with Gasteiger partial charge in [0.25, 0.3) is 0 Å². The van der Waals surface area contributed by atoms with Gasteiger partial charge in [0, 0.05) is 24.2 Å². The van der Waals surface area contributed by atoms with Gasteiger partial charge in [-0.05, 0) is 30.9 Å². The maximum Gasteiger partial charge on any atom is 0.300 e. The third kappa shape index (κ3) is 3.16. The van der Waals surface area contributed by atoms with Crippen LogP contribution in [-0.2, 0) is 0 Å². The van der Waals surface area contributed by atoms with Gasteiger partial charge in [-0.3, -0.25) is 13.8 Å². The van der Waals surface area contributed by atoms with E-state index in [0.717, 1.165) is 22.5 Å². The second-order valence-corrected chi connectivity index (χ2v) is 7.30. The molecule has 0 saturated heterocycles. The Morgan fingerprint density at radius 1 is 1.24 bits per heavy atom. The fourth-order valence-corrected chi connectivity index (χ4v) is 4.40. The van der Waals surface area contributed by atoms with E-state index in [4.69, 9.17) is 4.74 Å². The molecule has 2 aromatic heterocycles. The predicted molar refractivity (Wildman–Crippen MR) is 97.8 cm³/mol. The summed E-state index contributed by atoms with van der Waals surface area (Å²) in [5.74, 6) is 2.51. The van der Waals surface area contributed by atoms with E-state index in [9.17, 15) is 4.79 Å². The molecule has 25 heavy (non-hydrogen) atoms. The summed E-state index contributed by atoms with van der Waals surface area (Å²) in [7, 11) is 1.61. The third-order valence-corrected chi connectivity index (χ3v) is 5.87. The molecular formula is C18H20N4O2S. The first-order valence-corrected chi connectivity index (χ1v) is 9.48. The van der Waals surface area contributed by atoms with Crippen LogP contribution in [0.2, 0.25) is 0 Å². The topological polar surface area (TPSA) is 61.4 Å². The molecule has 0 bridgehead atoms. The van der Waals surface area contributed by atoms with E-state index in [1.807, 2.05) is 30.5 Å². The van der Waals surface area contributed by atoms with Crippen molar-refractivity contribution in [2.45, 2.75) is 30.8 Å². The third-order valence-electron chi connectivity index (χ3n) is 4.69. The molecule has 0 atom stereocenters. The number of ether oxygens (including phenoxy) is 1. The van der Waals surface area contributed by atoms with Crippen molar-refractivity contribution in [2.75, 3.05) is 12.9 Å². The normalized spacial score (nSPS) is 15.1. The Hall–Kier alpha value is -2.28. The zero-order valence-corrected chi connectivity index (χ0v) is 14.9. The van der Waals surface area contributed by atoms with Crippen LogP contribution in [0.5, 0.6) is 5.75 Å². The van der Waals surface area contributed by atoms with E-state index >= 15 is 0 Å². The number of hydrogen-bond donors (Lipinski definition) is 0. The highest BCUT2D eigenvalue weighted by Crippen LogP contribution is 2.30. The van der Waals surface area contributed by atoms with Gasteiger partial charge in [0.1, 0.15) is 5.75 Å². The number of nitrogens with zero attached hydrogens (tertiary/aromatic N) is 4. The Kier molecular flexibility index (Phi) is 4.48. The number of thioether (sulfide) groups is 1. The van der Waals surface area contributed by atoms with Gasteiger partial charge in [0.2, 0.25) is 5.65 Å². The molecule has 1 fully saturated rings. The molecular weight excluding hydrogens is 336 g/mol. The molecule has 0 N–H and O–H groups in total. The summed E-state index contributed by atoms with van der Waals surface area (Å²) in [6.07, 6.45) is 8.87. The van der Waals surface area contributed by atoms with Gasteiger partial charge < -0.3 is 4.74 Å². The van der Waals surface area contributed by atoms with Crippen LogP contribution in [-0.4, -0.2) is 32.0 Å². The highest BCUT2D eigenvalue weighted by Gasteiger charge is 2.18.